The highest BCUT2D eigenvalue weighted by molar-refractivity contribution is 5.81. The van der Waals surface area contributed by atoms with Crippen molar-refractivity contribution < 1.29 is 9.90 Å². The number of aliphatic hydroxyl groups excluding tert-OH is 1. The van der Waals surface area contributed by atoms with E-state index < -0.39 is 6.23 Å². The Bertz CT molecular complexity index is 1140. The van der Waals surface area contributed by atoms with E-state index in [1.54, 1.807) is 0 Å². The predicted molar refractivity (Wildman–Crippen MR) is 153 cm³/mol. The molecule has 3 saturated carbocycles. The highest BCUT2D eigenvalue weighted by Gasteiger charge is 2.62. The van der Waals surface area contributed by atoms with Crippen molar-refractivity contribution in [3.63, 3.8) is 0 Å². The molecule has 202 valence electrons. The van der Waals surface area contributed by atoms with Crippen LogP contribution in [-0.4, -0.2) is 35.4 Å². The van der Waals surface area contributed by atoms with Gasteiger partial charge < -0.3 is 10.0 Å². The number of carbonyl (C=O) groups excluding carboxylic acids is 1. The molecule has 2 aromatic rings. The summed E-state index contributed by atoms with van der Waals surface area (Å²) >= 11 is 0. The van der Waals surface area contributed by atoms with Crippen LogP contribution in [0.3, 0.4) is 0 Å². The second kappa shape index (κ2) is 9.62. The molecule has 4 aliphatic rings. The molecular formula is C34H44N2O2. The van der Waals surface area contributed by atoms with Crippen molar-refractivity contribution in [3.8, 4) is 0 Å². The van der Waals surface area contributed by atoms with Crippen LogP contribution in [0, 0.1) is 46.3 Å². The molecule has 6 rings (SSSR count). The molecule has 4 unspecified atom stereocenters. The highest BCUT2D eigenvalue weighted by Crippen LogP contribution is 2.66. The summed E-state index contributed by atoms with van der Waals surface area (Å²) in [4.78, 5) is 21.0. The van der Waals surface area contributed by atoms with Gasteiger partial charge in [-0.05, 0) is 78.7 Å². The van der Waals surface area contributed by atoms with E-state index in [1.807, 2.05) is 24.1 Å². The average Bonchev–Trinajstić information content (AvgIpc) is 3.29. The van der Waals surface area contributed by atoms with Gasteiger partial charge in [0.05, 0.1) is 6.04 Å². The number of carbonyl (C=O) groups is 1. The normalized spacial score (nSPS) is 39.8. The molecule has 1 amide bonds. The Hall–Kier alpha value is -2.46. The number of fused-ring (bicyclic) bond motifs is 5. The van der Waals surface area contributed by atoms with E-state index in [-0.39, 0.29) is 28.7 Å². The summed E-state index contributed by atoms with van der Waals surface area (Å²) in [7, 11) is 2.02. The van der Waals surface area contributed by atoms with Crippen molar-refractivity contribution in [1.29, 1.82) is 0 Å². The van der Waals surface area contributed by atoms with Crippen molar-refractivity contribution in [2.75, 3.05) is 7.05 Å². The lowest BCUT2D eigenvalue weighted by Gasteiger charge is -2.60. The van der Waals surface area contributed by atoms with Crippen LogP contribution in [0.25, 0.3) is 0 Å². The van der Waals surface area contributed by atoms with E-state index in [0.29, 0.717) is 29.6 Å². The van der Waals surface area contributed by atoms with Crippen LogP contribution in [0.5, 0.6) is 0 Å². The van der Waals surface area contributed by atoms with Crippen molar-refractivity contribution >= 4 is 12.1 Å². The van der Waals surface area contributed by atoms with Gasteiger partial charge in [0.1, 0.15) is 6.23 Å². The quantitative estimate of drug-likeness (QED) is 0.493. The molecule has 4 nitrogen and oxygen atoms in total. The number of rotatable bonds is 4. The topological polar surface area (TPSA) is 52.9 Å². The fourth-order valence-electron chi connectivity index (χ4n) is 9.71. The minimum absolute atomic E-state index is 0.0462. The van der Waals surface area contributed by atoms with Gasteiger partial charge in [-0.2, -0.15) is 0 Å². The van der Waals surface area contributed by atoms with Gasteiger partial charge in [0, 0.05) is 30.5 Å². The maximum atomic E-state index is 14.4. The first-order valence-electron chi connectivity index (χ1n) is 14.8. The van der Waals surface area contributed by atoms with Crippen LogP contribution < -0.4 is 0 Å². The van der Waals surface area contributed by atoms with E-state index in [2.05, 4.69) is 80.5 Å². The van der Waals surface area contributed by atoms with Crippen LogP contribution in [0.2, 0.25) is 0 Å². The Kier molecular flexibility index (Phi) is 6.53. The average molecular weight is 513 g/mol. The molecule has 0 saturated heterocycles. The van der Waals surface area contributed by atoms with Gasteiger partial charge in [0.15, 0.2) is 0 Å². The Morgan fingerprint density at radius 1 is 0.895 bits per heavy atom. The number of benzene rings is 2. The predicted octanol–water partition coefficient (Wildman–Crippen LogP) is 6.75. The molecule has 1 heterocycles. The van der Waals surface area contributed by atoms with E-state index in [4.69, 9.17) is 0 Å². The summed E-state index contributed by atoms with van der Waals surface area (Å²) in [5.74, 6) is 2.93. The Morgan fingerprint density at radius 3 is 2.13 bits per heavy atom. The van der Waals surface area contributed by atoms with Crippen molar-refractivity contribution in [2.24, 2.45) is 51.3 Å². The lowest BCUT2D eigenvalue weighted by molar-refractivity contribution is -0.144. The lowest BCUT2D eigenvalue weighted by atomic mass is 9.45. The third kappa shape index (κ3) is 3.89. The smallest absolute Gasteiger partial charge is 0.226 e. The molecule has 0 spiro atoms. The zero-order valence-electron chi connectivity index (χ0n) is 23.5. The fraction of sp³-hybridized carbons (Fsp3) is 0.588. The second-order valence-electron chi connectivity index (χ2n) is 13.3. The summed E-state index contributed by atoms with van der Waals surface area (Å²) in [5, 5.41) is 10.4. The fourth-order valence-corrected chi connectivity index (χ4v) is 9.71. The number of amides is 1. The zero-order valence-corrected chi connectivity index (χ0v) is 23.5. The largest absolute Gasteiger partial charge is 0.372 e. The standard InChI is InChI=1S/C34H44N2O2/c1-22-26-16-15-25-27-17-18-29(33(27,2)20-19-28(25)34(26,3)21-35-31(22)37)32(38)36(4)30(23-11-7-5-8-12-23)24-13-9-6-10-14-24/h5-14,21-22,25-31,37H,15-20H2,1-4H3/t22?,25-,26?,27-,28+,29?,31?,33-,34-/m0/s1. The Balaban J connectivity index is 1.27. The minimum Gasteiger partial charge on any atom is -0.372 e. The second-order valence-corrected chi connectivity index (χ2v) is 13.3. The van der Waals surface area contributed by atoms with Crippen LogP contribution in [0.15, 0.2) is 65.7 Å². The number of hydrogen-bond donors (Lipinski definition) is 1. The molecule has 3 aliphatic carbocycles. The zero-order chi connectivity index (χ0) is 26.7. The third-order valence-corrected chi connectivity index (χ3v) is 11.7. The molecule has 9 atom stereocenters. The molecule has 0 aromatic heterocycles. The molecule has 0 bridgehead atoms. The SMILES string of the molecule is CC1C(O)N=C[C@@]2(C)C1CC[C@@H]1[C@H]2CC[C@]2(C)C(C(=O)N(C)C(c3ccccc3)c3ccccc3)CC[C@@H]12. The molecule has 1 aliphatic heterocycles. The molecule has 4 heteroatoms. The number of aliphatic hydroxyl groups is 1. The number of nitrogens with zero attached hydrogens (tertiary/aromatic N) is 2. The first-order chi connectivity index (χ1) is 18.3. The van der Waals surface area contributed by atoms with Gasteiger partial charge >= 0.3 is 0 Å². The molecule has 1 N–H and O–H groups in total. The van der Waals surface area contributed by atoms with E-state index >= 15 is 0 Å². The van der Waals surface area contributed by atoms with Crippen LogP contribution in [0.1, 0.15) is 76.5 Å². The maximum Gasteiger partial charge on any atom is 0.226 e. The van der Waals surface area contributed by atoms with Gasteiger partial charge in [0.2, 0.25) is 5.91 Å². The van der Waals surface area contributed by atoms with Gasteiger partial charge in [0.25, 0.3) is 0 Å². The van der Waals surface area contributed by atoms with E-state index in [1.165, 1.54) is 6.42 Å². The maximum absolute atomic E-state index is 14.4. The van der Waals surface area contributed by atoms with Gasteiger partial charge in [-0.25, -0.2) is 0 Å². The minimum atomic E-state index is -0.551. The third-order valence-electron chi connectivity index (χ3n) is 11.7. The molecule has 38 heavy (non-hydrogen) atoms. The van der Waals surface area contributed by atoms with E-state index in [0.717, 1.165) is 43.2 Å². The number of hydrogen-bond acceptors (Lipinski definition) is 3. The Morgan fingerprint density at radius 2 is 1.50 bits per heavy atom. The van der Waals surface area contributed by atoms with Gasteiger partial charge in [-0.15, -0.1) is 0 Å². The summed E-state index contributed by atoms with van der Waals surface area (Å²) in [6, 6.07) is 20.9. The van der Waals surface area contributed by atoms with Gasteiger partial charge in [-0.1, -0.05) is 81.4 Å². The highest BCUT2D eigenvalue weighted by atomic mass is 16.3. The lowest BCUT2D eigenvalue weighted by Crippen LogP contribution is -2.56. The molecule has 2 aromatic carbocycles. The Labute approximate surface area is 228 Å². The van der Waals surface area contributed by atoms with Crippen molar-refractivity contribution in [2.45, 2.75) is 71.6 Å². The summed E-state index contributed by atoms with van der Waals surface area (Å²) < 4.78 is 0. The van der Waals surface area contributed by atoms with Crippen molar-refractivity contribution in [1.82, 2.24) is 4.90 Å². The molecule has 3 fully saturated rings. The summed E-state index contributed by atoms with van der Waals surface area (Å²) in [5.41, 5.74) is 2.44. The summed E-state index contributed by atoms with van der Waals surface area (Å²) in [6.07, 6.45) is 8.39. The number of aliphatic imine (C=N–C) groups is 1. The van der Waals surface area contributed by atoms with Crippen LogP contribution in [0.4, 0.5) is 0 Å². The first-order valence-corrected chi connectivity index (χ1v) is 14.8. The van der Waals surface area contributed by atoms with Crippen LogP contribution in [-0.2, 0) is 4.79 Å². The first kappa shape index (κ1) is 25.8. The van der Waals surface area contributed by atoms with Gasteiger partial charge in [-0.3, -0.25) is 9.79 Å². The molecular weight excluding hydrogens is 468 g/mol. The molecule has 0 radical (unpaired) electrons. The summed E-state index contributed by atoms with van der Waals surface area (Å²) in [6.45, 7) is 7.04. The van der Waals surface area contributed by atoms with Crippen molar-refractivity contribution in [3.05, 3.63) is 71.8 Å². The van der Waals surface area contributed by atoms with Crippen LogP contribution >= 0.6 is 0 Å². The monoisotopic (exact) mass is 512 g/mol. The van der Waals surface area contributed by atoms with E-state index in [9.17, 15) is 9.90 Å².